The number of hydrogen-bond donors (Lipinski definition) is 1. The number of methoxy groups -OCH3 is 1. The topological polar surface area (TPSA) is 55.2 Å². The Labute approximate surface area is 149 Å². The maximum Gasteiger partial charge on any atom is 0.216 e. The molecule has 0 spiro atoms. The number of hydrogen-bond acceptors (Lipinski definition) is 5. The number of aromatic amines is 1. The highest BCUT2D eigenvalue weighted by Gasteiger charge is 2.08. The number of nitrogens with one attached hydrogen (secondary N) is 1. The minimum absolute atomic E-state index is 0.442. The maximum absolute atomic E-state index is 5.28. The molecule has 0 bridgehead atoms. The maximum atomic E-state index is 5.28. The van der Waals surface area contributed by atoms with E-state index in [2.05, 4.69) is 33.7 Å². The second kappa shape index (κ2) is 7.46. The Morgan fingerprint density at radius 3 is 2.50 bits per heavy atom. The summed E-state index contributed by atoms with van der Waals surface area (Å²) in [4.78, 5) is 1.21. The second-order valence-electron chi connectivity index (χ2n) is 4.91. The van der Waals surface area contributed by atoms with Crippen LogP contribution in [0.2, 0.25) is 0 Å². The van der Waals surface area contributed by atoms with E-state index in [1.54, 1.807) is 29.8 Å². The summed E-state index contributed by atoms with van der Waals surface area (Å²) in [6, 6.07) is 15.8. The predicted molar refractivity (Wildman–Crippen MR) is 101 cm³/mol. The largest absolute Gasteiger partial charge is 0.497 e. The molecule has 0 aliphatic heterocycles. The van der Waals surface area contributed by atoms with Gasteiger partial charge in [0.25, 0.3) is 0 Å². The molecule has 0 atom stereocenters. The average molecular weight is 356 g/mol. The molecule has 2 aromatic carbocycles. The van der Waals surface area contributed by atoms with Crippen LogP contribution < -0.4 is 4.74 Å². The van der Waals surface area contributed by atoms with Crippen LogP contribution in [0, 0.1) is 4.77 Å². The first kappa shape index (κ1) is 16.5. The molecule has 3 rings (SSSR count). The minimum atomic E-state index is 0.442. The molecule has 1 aromatic heterocycles. The van der Waals surface area contributed by atoms with Crippen molar-refractivity contribution >= 4 is 30.2 Å². The summed E-state index contributed by atoms with van der Waals surface area (Å²) in [7, 11) is 1.64. The van der Waals surface area contributed by atoms with Crippen LogP contribution >= 0.6 is 24.0 Å². The van der Waals surface area contributed by atoms with Gasteiger partial charge in [0.2, 0.25) is 4.77 Å². The van der Waals surface area contributed by atoms with E-state index in [9.17, 15) is 0 Å². The number of aromatic nitrogens is 3. The minimum Gasteiger partial charge on any atom is -0.497 e. The van der Waals surface area contributed by atoms with E-state index in [0.29, 0.717) is 10.6 Å². The van der Waals surface area contributed by atoms with E-state index in [-0.39, 0.29) is 0 Å². The lowest BCUT2D eigenvalue weighted by atomic mass is 10.2. The van der Waals surface area contributed by atoms with Crippen LogP contribution in [0.15, 0.2) is 58.5 Å². The van der Waals surface area contributed by atoms with Crippen molar-refractivity contribution in [1.82, 2.24) is 14.9 Å². The summed E-state index contributed by atoms with van der Waals surface area (Å²) >= 11 is 6.99. The van der Waals surface area contributed by atoms with Crippen molar-refractivity contribution in [3.05, 3.63) is 58.9 Å². The van der Waals surface area contributed by atoms with E-state index in [0.717, 1.165) is 16.9 Å². The SMILES string of the molecule is COc1ccc(-c2n[nH]c(=S)n2/N=C/c2ccc(SC)cc2)cc1. The monoisotopic (exact) mass is 356 g/mol. The molecule has 0 radical (unpaired) electrons. The van der Waals surface area contributed by atoms with Gasteiger partial charge in [-0.2, -0.15) is 14.9 Å². The first-order valence-corrected chi connectivity index (χ1v) is 8.85. The highest BCUT2D eigenvalue weighted by Crippen LogP contribution is 2.21. The van der Waals surface area contributed by atoms with Crippen molar-refractivity contribution in [3.63, 3.8) is 0 Å². The second-order valence-corrected chi connectivity index (χ2v) is 6.18. The average Bonchev–Trinajstić information content (AvgIpc) is 3.01. The Morgan fingerprint density at radius 1 is 1.17 bits per heavy atom. The third-order valence-corrected chi connectivity index (χ3v) is 4.44. The van der Waals surface area contributed by atoms with E-state index in [1.807, 2.05) is 36.4 Å². The lowest BCUT2D eigenvalue weighted by Crippen LogP contribution is -1.95. The first-order valence-electron chi connectivity index (χ1n) is 7.21. The number of rotatable bonds is 5. The van der Waals surface area contributed by atoms with Crippen molar-refractivity contribution in [2.24, 2.45) is 5.10 Å². The zero-order valence-corrected chi connectivity index (χ0v) is 14.9. The fourth-order valence-corrected chi connectivity index (χ4v) is 2.73. The number of thioether (sulfide) groups is 1. The van der Waals surface area contributed by atoms with Crippen LogP contribution in [-0.4, -0.2) is 34.5 Å². The molecule has 0 saturated carbocycles. The van der Waals surface area contributed by atoms with Crippen molar-refractivity contribution < 1.29 is 4.74 Å². The lowest BCUT2D eigenvalue weighted by molar-refractivity contribution is 0.415. The molecule has 1 N–H and O–H groups in total. The molecule has 0 aliphatic rings. The van der Waals surface area contributed by atoms with Gasteiger partial charge in [0.05, 0.1) is 13.3 Å². The van der Waals surface area contributed by atoms with Crippen molar-refractivity contribution in [1.29, 1.82) is 0 Å². The van der Waals surface area contributed by atoms with Crippen LogP contribution in [-0.2, 0) is 0 Å². The quantitative estimate of drug-likeness (QED) is 0.422. The molecule has 1 heterocycles. The van der Waals surface area contributed by atoms with Gasteiger partial charge in [-0.05, 0) is 60.4 Å². The van der Waals surface area contributed by atoms with Crippen molar-refractivity contribution in [2.75, 3.05) is 13.4 Å². The van der Waals surface area contributed by atoms with Crippen LogP contribution in [0.4, 0.5) is 0 Å². The number of benzene rings is 2. The molecule has 0 amide bonds. The predicted octanol–water partition coefficient (Wildman–Crippen LogP) is 4.22. The fraction of sp³-hybridized carbons (Fsp3) is 0.118. The zero-order chi connectivity index (χ0) is 16.9. The molecule has 0 saturated heterocycles. The molecular formula is C17H16N4OS2. The number of ether oxygens (including phenoxy) is 1. The molecule has 0 fully saturated rings. The van der Waals surface area contributed by atoms with Gasteiger partial charge in [0.1, 0.15) is 5.75 Å². The summed E-state index contributed by atoms with van der Waals surface area (Å²) < 4.78 is 7.23. The van der Waals surface area contributed by atoms with Crippen LogP contribution in [0.3, 0.4) is 0 Å². The van der Waals surface area contributed by atoms with Gasteiger partial charge in [-0.3, -0.25) is 0 Å². The third kappa shape index (κ3) is 3.58. The van der Waals surface area contributed by atoms with E-state index in [1.165, 1.54) is 4.90 Å². The molecule has 24 heavy (non-hydrogen) atoms. The van der Waals surface area contributed by atoms with Crippen LogP contribution in [0.5, 0.6) is 5.75 Å². The first-order chi connectivity index (χ1) is 11.7. The van der Waals surface area contributed by atoms with Gasteiger partial charge in [-0.15, -0.1) is 11.8 Å². The zero-order valence-electron chi connectivity index (χ0n) is 13.3. The smallest absolute Gasteiger partial charge is 0.216 e. The molecule has 7 heteroatoms. The van der Waals surface area contributed by atoms with E-state index >= 15 is 0 Å². The van der Waals surface area contributed by atoms with Gasteiger partial charge in [0.15, 0.2) is 5.82 Å². The highest BCUT2D eigenvalue weighted by molar-refractivity contribution is 7.98. The number of nitrogens with zero attached hydrogens (tertiary/aromatic N) is 3. The Hall–Kier alpha value is -2.38. The Balaban J connectivity index is 1.91. The van der Waals surface area contributed by atoms with Gasteiger partial charge in [-0.1, -0.05) is 12.1 Å². The highest BCUT2D eigenvalue weighted by atomic mass is 32.2. The normalized spacial score (nSPS) is 11.1. The standard InChI is InChI=1S/C17H16N4OS2/c1-22-14-7-5-13(6-8-14)16-19-20-17(23)21(16)18-11-12-3-9-15(24-2)10-4-12/h3-11H,1-2H3,(H,20,23)/b18-11+. The summed E-state index contributed by atoms with van der Waals surface area (Å²) in [6.45, 7) is 0. The summed E-state index contributed by atoms with van der Waals surface area (Å²) in [5.74, 6) is 1.44. The molecule has 0 unspecified atom stereocenters. The lowest BCUT2D eigenvalue weighted by Gasteiger charge is -2.03. The Bertz CT molecular complexity index is 896. The summed E-state index contributed by atoms with van der Waals surface area (Å²) in [5.41, 5.74) is 1.90. The van der Waals surface area contributed by atoms with Crippen molar-refractivity contribution in [3.8, 4) is 17.1 Å². The Kier molecular flexibility index (Phi) is 5.12. The van der Waals surface area contributed by atoms with Crippen LogP contribution in [0.25, 0.3) is 11.4 Å². The van der Waals surface area contributed by atoms with E-state index in [4.69, 9.17) is 17.0 Å². The molecular weight excluding hydrogens is 340 g/mol. The van der Waals surface area contributed by atoms with Gasteiger partial charge < -0.3 is 4.74 Å². The number of H-pyrrole nitrogens is 1. The van der Waals surface area contributed by atoms with Crippen molar-refractivity contribution in [2.45, 2.75) is 4.90 Å². The van der Waals surface area contributed by atoms with Crippen LogP contribution in [0.1, 0.15) is 5.56 Å². The molecule has 122 valence electrons. The summed E-state index contributed by atoms with van der Waals surface area (Å²) in [6.07, 6.45) is 3.82. The van der Waals surface area contributed by atoms with Gasteiger partial charge >= 0.3 is 0 Å². The fourth-order valence-electron chi connectivity index (χ4n) is 2.14. The molecule has 5 nitrogen and oxygen atoms in total. The third-order valence-electron chi connectivity index (χ3n) is 3.44. The van der Waals surface area contributed by atoms with Gasteiger partial charge in [-0.25, -0.2) is 5.10 Å². The molecule has 3 aromatic rings. The summed E-state index contributed by atoms with van der Waals surface area (Å²) in [5, 5.41) is 11.5. The van der Waals surface area contributed by atoms with Gasteiger partial charge in [0, 0.05) is 10.5 Å². The molecule has 0 aliphatic carbocycles. The van der Waals surface area contributed by atoms with E-state index < -0.39 is 0 Å². The Morgan fingerprint density at radius 2 is 1.88 bits per heavy atom.